The fraction of sp³-hybridized carbons (Fsp3) is 0.462. The Morgan fingerprint density at radius 1 is 1.41 bits per heavy atom. The summed E-state index contributed by atoms with van der Waals surface area (Å²) in [4.78, 5) is 10.2. The Labute approximate surface area is 107 Å². The molecule has 0 aliphatic carbocycles. The second-order valence-corrected chi connectivity index (χ2v) is 5.30. The number of H-pyrrole nitrogens is 1. The lowest BCUT2D eigenvalue weighted by atomic mass is 10.2. The van der Waals surface area contributed by atoms with E-state index in [1.807, 2.05) is 30.0 Å². The highest BCUT2D eigenvalue weighted by molar-refractivity contribution is 7.98. The quantitative estimate of drug-likeness (QED) is 0.883. The van der Waals surface area contributed by atoms with E-state index >= 15 is 0 Å². The first-order chi connectivity index (χ1) is 8.22. The Bertz CT molecular complexity index is 447. The molecule has 0 aliphatic heterocycles. The number of hydrogen-bond donors (Lipinski definition) is 1. The first kappa shape index (κ1) is 12.3. The van der Waals surface area contributed by atoms with Crippen LogP contribution < -0.4 is 4.90 Å². The molecule has 1 aromatic heterocycles. The van der Waals surface area contributed by atoms with Gasteiger partial charge in [0.2, 0.25) is 5.95 Å². The molecule has 0 fully saturated rings. The molecule has 0 aliphatic rings. The van der Waals surface area contributed by atoms with Crippen LogP contribution in [-0.2, 0) is 0 Å². The lowest BCUT2D eigenvalue weighted by molar-refractivity contribution is 0.657. The van der Waals surface area contributed by atoms with Crippen molar-refractivity contribution < 1.29 is 0 Å². The van der Waals surface area contributed by atoms with Crippen molar-refractivity contribution in [1.29, 1.82) is 0 Å². The van der Waals surface area contributed by atoms with Gasteiger partial charge in [-0.25, -0.2) is 4.98 Å². The van der Waals surface area contributed by atoms with E-state index in [-0.39, 0.29) is 0 Å². The SMILES string of the molecule is CSCCC(C)N(C)c1nc2ccccc2[nH]1. The molecule has 92 valence electrons. The maximum absolute atomic E-state index is 4.61. The van der Waals surface area contributed by atoms with Crippen molar-refractivity contribution in [2.24, 2.45) is 0 Å². The maximum Gasteiger partial charge on any atom is 0.203 e. The number of anilines is 1. The molecular formula is C13H19N3S. The molecule has 4 heteroatoms. The largest absolute Gasteiger partial charge is 0.343 e. The fourth-order valence-corrected chi connectivity index (χ4v) is 2.37. The molecule has 0 radical (unpaired) electrons. The van der Waals surface area contributed by atoms with Crippen molar-refractivity contribution in [1.82, 2.24) is 9.97 Å². The van der Waals surface area contributed by atoms with Gasteiger partial charge in [0, 0.05) is 13.1 Å². The summed E-state index contributed by atoms with van der Waals surface area (Å²) >= 11 is 1.89. The Balaban J connectivity index is 2.15. The van der Waals surface area contributed by atoms with Crippen LogP contribution in [0.4, 0.5) is 5.95 Å². The Hall–Kier alpha value is -1.16. The van der Waals surface area contributed by atoms with Crippen molar-refractivity contribution >= 4 is 28.7 Å². The number of aromatic nitrogens is 2. The number of fused-ring (bicyclic) bond motifs is 1. The first-order valence-electron chi connectivity index (χ1n) is 5.89. The van der Waals surface area contributed by atoms with Gasteiger partial charge in [-0.15, -0.1) is 0 Å². The molecule has 17 heavy (non-hydrogen) atoms. The lowest BCUT2D eigenvalue weighted by Crippen LogP contribution is -2.30. The molecule has 1 N–H and O–H groups in total. The van der Waals surface area contributed by atoms with E-state index < -0.39 is 0 Å². The first-order valence-corrected chi connectivity index (χ1v) is 7.28. The average Bonchev–Trinajstić information content (AvgIpc) is 2.78. The molecule has 2 rings (SSSR count). The summed E-state index contributed by atoms with van der Waals surface area (Å²) in [5.41, 5.74) is 2.14. The highest BCUT2D eigenvalue weighted by Crippen LogP contribution is 2.18. The van der Waals surface area contributed by atoms with Gasteiger partial charge in [0.1, 0.15) is 0 Å². The maximum atomic E-state index is 4.61. The third kappa shape index (κ3) is 2.75. The predicted molar refractivity (Wildman–Crippen MR) is 77.0 cm³/mol. The number of nitrogens with one attached hydrogen (secondary N) is 1. The highest BCUT2D eigenvalue weighted by atomic mass is 32.2. The summed E-state index contributed by atoms with van der Waals surface area (Å²) in [6.45, 7) is 2.24. The summed E-state index contributed by atoms with van der Waals surface area (Å²) < 4.78 is 0. The third-order valence-electron chi connectivity index (χ3n) is 3.11. The normalized spacial score (nSPS) is 12.9. The van der Waals surface area contributed by atoms with E-state index in [1.54, 1.807) is 0 Å². The van der Waals surface area contributed by atoms with Gasteiger partial charge in [-0.3, -0.25) is 0 Å². The van der Waals surface area contributed by atoms with Crippen LogP contribution in [0.1, 0.15) is 13.3 Å². The van der Waals surface area contributed by atoms with Crippen molar-refractivity contribution in [3.8, 4) is 0 Å². The lowest BCUT2D eigenvalue weighted by Gasteiger charge is -2.23. The molecular weight excluding hydrogens is 230 g/mol. The van der Waals surface area contributed by atoms with Gasteiger partial charge < -0.3 is 9.88 Å². The molecule has 1 atom stereocenters. The summed E-state index contributed by atoms with van der Waals surface area (Å²) in [6.07, 6.45) is 3.32. The number of aromatic amines is 1. The van der Waals surface area contributed by atoms with Crippen LogP contribution in [0.5, 0.6) is 0 Å². The van der Waals surface area contributed by atoms with Crippen molar-refractivity contribution in [2.75, 3.05) is 24.0 Å². The number of imidazole rings is 1. The van der Waals surface area contributed by atoms with Gasteiger partial charge in [-0.2, -0.15) is 11.8 Å². The number of benzene rings is 1. The molecule has 1 aromatic carbocycles. The Morgan fingerprint density at radius 2 is 2.18 bits per heavy atom. The van der Waals surface area contributed by atoms with Crippen LogP contribution in [-0.4, -0.2) is 35.1 Å². The summed E-state index contributed by atoms with van der Waals surface area (Å²) in [5, 5.41) is 0. The molecule has 0 amide bonds. The monoisotopic (exact) mass is 249 g/mol. The topological polar surface area (TPSA) is 31.9 Å². The smallest absolute Gasteiger partial charge is 0.203 e. The summed E-state index contributed by atoms with van der Waals surface area (Å²) in [7, 11) is 2.10. The van der Waals surface area contributed by atoms with E-state index in [4.69, 9.17) is 0 Å². The number of thioether (sulfide) groups is 1. The van der Waals surface area contributed by atoms with Gasteiger partial charge in [-0.05, 0) is 37.5 Å². The standard InChI is InChI=1S/C13H19N3S/c1-10(8-9-17-3)16(2)13-14-11-6-4-5-7-12(11)15-13/h4-7,10H,8-9H2,1-3H3,(H,14,15). The second kappa shape index (κ2) is 5.45. The molecule has 0 spiro atoms. The third-order valence-corrected chi connectivity index (χ3v) is 3.76. The van der Waals surface area contributed by atoms with E-state index in [2.05, 4.69) is 41.2 Å². The molecule has 1 heterocycles. The summed E-state index contributed by atoms with van der Waals surface area (Å²) in [5.74, 6) is 2.14. The van der Waals surface area contributed by atoms with Crippen molar-refractivity contribution in [2.45, 2.75) is 19.4 Å². The predicted octanol–water partition coefficient (Wildman–Crippen LogP) is 3.14. The molecule has 0 bridgehead atoms. The van der Waals surface area contributed by atoms with Crippen LogP contribution in [0, 0.1) is 0 Å². The van der Waals surface area contributed by atoms with E-state index in [1.165, 1.54) is 12.2 Å². The van der Waals surface area contributed by atoms with E-state index in [9.17, 15) is 0 Å². The zero-order chi connectivity index (χ0) is 12.3. The minimum atomic E-state index is 0.503. The summed E-state index contributed by atoms with van der Waals surface area (Å²) in [6, 6.07) is 8.65. The molecule has 0 saturated carbocycles. The van der Waals surface area contributed by atoms with Crippen LogP contribution >= 0.6 is 11.8 Å². The van der Waals surface area contributed by atoms with Gasteiger partial charge in [0.15, 0.2) is 0 Å². The van der Waals surface area contributed by atoms with Crippen LogP contribution in [0.3, 0.4) is 0 Å². The zero-order valence-electron chi connectivity index (χ0n) is 10.6. The molecule has 1 unspecified atom stereocenters. The van der Waals surface area contributed by atoms with Gasteiger partial charge >= 0.3 is 0 Å². The van der Waals surface area contributed by atoms with Crippen LogP contribution in [0.15, 0.2) is 24.3 Å². The highest BCUT2D eigenvalue weighted by Gasteiger charge is 2.13. The average molecular weight is 249 g/mol. The molecule has 3 nitrogen and oxygen atoms in total. The number of rotatable bonds is 5. The Morgan fingerprint density at radius 3 is 2.88 bits per heavy atom. The van der Waals surface area contributed by atoms with Gasteiger partial charge in [0.25, 0.3) is 0 Å². The second-order valence-electron chi connectivity index (χ2n) is 4.32. The Kier molecular flexibility index (Phi) is 3.94. The van der Waals surface area contributed by atoms with E-state index in [0.29, 0.717) is 6.04 Å². The number of hydrogen-bond acceptors (Lipinski definition) is 3. The van der Waals surface area contributed by atoms with Gasteiger partial charge in [0.05, 0.1) is 11.0 Å². The number of para-hydroxylation sites is 2. The van der Waals surface area contributed by atoms with Crippen molar-refractivity contribution in [3.63, 3.8) is 0 Å². The zero-order valence-corrected chi connectivity index (χ0v) is 11.4. The minimum Gasteiger partial charge on any atom is -0.343 e. The van der Waals surface area contributed by atoms with E-state index in [0.717, 1.165) is 17.0 Å². The molecule has 0 saturated heterocycles. The van der Waals surface area contributed by atoms with Gasteiger partial charge in [-0.1, -0.05) is 12.1 Å². The minimum absolute atomic E-state index is 0.503. The van der Waals surface area contributed by atoms with Crippen molar-refractivity contribution in [3.05, 3.63) is 24.3 Å². The number of nitrogens with zero attached hydrogens (tertiary/aromatic N) is 2. The fourth-order valence-electron chi connectivity index (χ4n) is 1.80. The molecule has 2 aromatic rings. The van der Waals surface area contributed by atoms with Crippen LogP contribution in [0.25, 0.3) is 11.0 Å². The van der Waals surface area contributed by atoms with Crippen LogP contribution in [0.2, 0.25) is 0 Å².